The molecule has 3 aliphatic rings. The Bertz CT molecular complexity index is 225. The fourth-order valence-corrected chi connectivity index (χ4v) is 2.35. The Morgan fingerprint density at radius 1 is 1.27 bits per heavy atom. The molecule has 3 saturated heterocycles. The van der Waals surface area contributed by atoms with E-state index in [-0.39, 0.29) is 6.03 Å². The first-order valence-electron chi connectivity index (χ1n) is 5.77. The zero-order valence-corrected chi connectivity index (χ0v) is 9.33. The van der Waals surface area contributed by atoms with E-state index in [9.17, 15) is 4.79 Å². The Labute approximate surface area is 90.8 Å². The summed E-state index contributed by atoms with van der Waals surface area (Å²) in [5.74, 6) is 0. The van der Waals surface area contributed by atoms with Crippen LogP contribution in [0.4, 0.5) is 4.79 Å². The molecule has 3 fully saturated rings. The summed E-state index contributed by atoms with van der Waals surface area (Å²) in [5.41, 5.74) is 0. The molecule has 2 bridgehead atoms. The van der Waals surface area contributed by atoms with Gasteiger partial charge in [-0.1, -0.05) is 0 Å². The van der Waals surface area contributed by atoms with Crippen LogP contribution in [0, 0.1) is 0 Å². The second-order valence-electron chi connectivity index (χ2n) is 4.23. The predicted octanol–water partition coefficient (Wildman–Crippen LogP) is -0.695. The molecular weight excluding hydrogens is 192 g/mol. The largest absolute Gasteiger partial charge is 0.338 e. The Balaban J connectivity index is 1.73. The summed E-state index contributed by atoms with van der Waals surface area (Å²) in [5, 5.41) is 5.67. The molecule has 3 rings (SSSR count). The fourth-order valence-electron chi connectivity index (χ4n) is 2.35. The number of hydrogen-bond acceptors (Lipinski definition) is 3. The van der Waals surface area contributed by atoms with E-state index in [4.69, 9.17) is 0 Å². The van der Waals surface area contributed by atoms with Crippen LogP contribution in [0.1, 0.15) is 6.92 Å². The van der Waals surface area contributed by atoms with Gasteiger partial charge in [0.1, 0.15) is 0 Å². The highest BCUT2D eigenvalue weighted by atomic mass is 16.2. The molecule has 0 aromatic carbocycles. The molecular formula is C10H20N4O. The van der Waals surface area contributed by atoms with Gasteiger partial charge in [0.05, 0.1) is 0 Å². The summed E-state index contributed by atoms with van der Waals surface area (Å²) in [6.45, 7) is 9.18. The summed E-state index contributed by atoms with van der Waals surface area (Å²) in [7, 11) is 0. The van der Waals surface area contributed by atoms with Crippen molar-refractivity contribution in [2.45, 2.75) is 13.0 Å². The maximum absolute atomic E-state index is 11.2. The molecule has 0 saturated carbocycles. The molecule has 5 nitrogen and oxygen atoms in total. The molecule has 15 heavy (non-hydrogen) atoms. The third kappa shape index (κ3) is 2.60. The SMILES string of the molecule is CCNC(=O)NCC1CN2CCN1CC2. The van der Waals surface area contributed by atoms with E-state index in [2.05, 4.69) is 20.4 Å². The van der Waals surface area contributed by atoms with Crippen molar-refractivity contribution in [2.75, 3.05) is 45.8 Å². The maximum Gasteiger partial charge on any atom is 0.314 e. The average Bonchev–Trinajstić information content (AvgIpc) is 2.28. The normalized spacial score (nSPS) is 33.8. The van der Waals surface area contributed by atoms with Gasteiger partial charge in [0, 0.05) is 51.9 Å². The minimum Gasteiger partial charge on any atom is -0.338 e. The lowest BCUT2D eigenvalue weighted by atomic mass is 10.1. The number of fused-ring (bicyclic) bond motifs is 3. The first-order chi connectivity index (χ1) is 7.29. The highest BCUT2D eigenvalue weighted by Gasteiger charge is 2.31. The molecule has 0 aromatic rings. The topological polar surface area (TPSA) is 47.6 Å². The van der Waals surface area contributed by atoms with Gasteiger partial charge >= 0.3 is 6.03 Å². The highest BCUT2D eigenvalue weighted by Crippen LogP contribution is 2.14. The van der Waals surface area contributed by atoms with E-state index in [1.165, 1.54) is 13.1 Å². The van der Waals surface area contributed by atoms with Crippen LogP contribution < -0.4 is 10.6 Å². The van der Waals surface area contributed by atoms with Gasteiger partial charge in [0.15, 0.2) is 0 Å². The van der Waals surface area contributed by atoms with Gasteiger partial charge in [-0.15, -0.1) is 0 Å². The van der Waals surface area contributed by atoms with Gasteiger partial charge in [-0.25, -0.2) is 4.79 Å². The highest BCUT2D eigenvalue weighted by molar-refractivity contribution is 5.73. The van der Waals surface area contributed by atoms with Gasteiger partial charge < -0.3 is 10.6 Å². The monoisotopic (exact) mass is 212 g/mol. The van der Waals surface area contributed by atoms with Gasteiger partial charge in [0.2, 0.25) is 0 Å². The van der Waals surface area contributed by atoms with Crippen molar-refractivity contribution >= 4 is 6.03 Å². The molecule has 3 aliphatic heterocycles. The molecule has 1 atom stereocenters. The molecule has 2 amide bonds. The van der Waals surface area contributed by atoms with Crippen LogP contribution in [0.3, 0.4) is 0 Å². The number of amides is 2. The zero-order valence-electron chi connectivity index (χ0n) is 9.33. The predicted molar refractivity (Wildman–Crippen MR) is 58.9 cm³/mol. The molecule has 0 spiro atoms. The van der Waals surface area contributed by atoms with Gasteiger partial charge in [-0.2, -0.15) is 0 Å². The number of nitrogens with one attached hydrogen (secondary N) is 2. The van der Waals surface area contributed by atoms with Crippen LogP contribution in [-0.4, -0.2) is 67.7 Å². The minimum atomic E-state index is -0.0462. The number of piperazine rings is 3. The minimum absolute atomic E-state index is 0.0462. The van der Waals surface area contributed by atoms with Crippen LogP contribution in [0.15, 0.2) is 0 Å². The number of rotatable bonds is 3. The molecule has 5 heteroatoms. The van der Waals surface area contributed by atoms with Crippen LogP contribution in [-0.2, 0) is 0 Å². The van der Waals surface area contributed by atoms with Crippen molar-refractivity contribution in [2.24, 2.45) is 0 Å². The first kappa shape index (κ1) is 10.7. The van der Waals surface area contributed by atoms with Gasteiger partial charge in [-0.05, 0) is 6.92 Å². The van der Waals surface area contributed by atoms with E-state index in [1.807, 2.05) is 6.92 Å². The lowest BCUT2D eigenvalue weighted by Gasteiger charge is -2.47. The van der Waals surface area contributed by atoms with E-state index in [1.54, 1.807) is 0 Å². The van der Waals surface area contributed by atoms with E-state index >= 15 is 0 Å². The maximum atomic E-state index is 11.2. The van der Waals surface area contributed by atoms with Gasteiger partial charge in [-0.3, -0.25) is 9.80 Å². The zero-order chi connectivity index (χ0) is 10.7. The smallest absolute Gasteiger partial charge is 0.314 e. The lowest BCUT2D eigenvalue weighted by molar-refractivity contribution is 0.0148. The Hall–Kier alpha value is -0.810. The molecule has 0 aliphatic carbocycles. The van der Waals surface area contributed by atoms with Crippen molar-refractivity contribution in [1.29, 1.82) is 0 Å². The van der Waals surface area contributed by atoms with Crippen molar-refractivity contribution in [1.82, 2.24) is 20.4 Å². The third-order valence-corrected chi connectivity index (χ3v) is 3.23. The van der Waals surface area contributed by atoms with Crippen molar-refractivity contribution in [3.63, 3.8) is 0 Å². The van der Waals surface area contributed by atoms with E-state index in [0.717, 1.165) is 26.2 Å². The lowest BCUT2D eigenvalue weighted by Crippen LogP contribution is -2.63. The quantitative estimate of drug-likeness (QED) is 0.651. The molecule has 2 N–H and O–H groups in total. The Kier molecular flexibility index (Phi) is 3.43. The number of nitrogens with zero attached hydrogens (tertiary/aromatic N) is 2. The van der Waals surface area contributed by atoms with Crippen molar-refractivity contribution in [3.8, 4) is 0 Å². The number of carbonyl (C=O) groups excluding carboxylic acids is 1. The Morgan fingerprint density at radius 3 is 2.53 bits per heavy atom. The summed E-state index contributed by atoms with van der Waals surface area (Å²) in [4.78, 5) is 16.2. The number of hydrogen-bond donors (Lipinski definition) is 2. The van der Waals surface area contributed by atoms with Gasteiger partial charge in [0.25, 0.3) is 0 Å². The summed E-state index contributed by atoms with van der Waals surface area (Å²) < 4.78 is 0. The van der Waals surface area contributed by atoms with Crippen LogP contribution in [0.2, 0.25) is 0 Å². The molecule has 1 unspecified atom stereocenters. The van der Waals surface area contributed by atoms with E-state index in [0.29, 0.717) is 12.6 Å². The van der Waals surface area contributed by atoms with Crippen LogP contribution in [0.5, 0.6) is 0 Å². The number of carbonyl (C=O) groups is 1. The Morgan fingerprint density at radius 2 is 2.00 bits per heavy atom. The van der Waals surface area contributed by atoms with Crippen LogP contribution in [0.25, 0.3) is 0 Å². The summed E-state index contributed by atoms with van der Waals surface area (Å²) >= 11 is 0. The average molecular weight is 212 g/mol. The van der Waals surface area contributed by atoms with Crippen molar-refractivity contribution in [3.05, 3.63) is 0 Å². The second kappa shape index (κ2) is 4.81. The fraction of sp³-hybridized carbons (Fsp3) is 0.900. The van der Waals surface area contributed by atoms with E-state index < -0.39 is 0 Å². The van der Waals surface area contributed by atoms with Crippen molar-refractivity contribution < 1.29 is 4.79 Å². The molecule has 0 aromatic heterocycles. The molecule has 86 valence electrons. The first-order valence-corrected chi connectivity index (χ1v) is 5.77. The summed E-state index contributed by atoms with van der Waals surface area (Å²) in [6, 6.07) is 0.463. The number of urea groups is 1. The summed E-state index contributed by atoms with van der Waals surface area (Å²) in [6.07, 6.45) is 0. The third-order valence-electron chi connectivity index (χ3n) is 3.23. The molecule has 0 radical (unpaired) electrons. The standard InChI is InChI=1S/C10H20N4O/c1-2-11-10(15)12-7-9-8-13-3-5-14(9)6-4-13/h9H,2-8H2,1H3,(H2,11,12,15). The second-order valence-corrected chi connectivity index (χ2v) is 4.23. The van der Waals surface area contributed by atoms with Crippen LogP contribution >= 0.6 is 0 Å². The molecule has 3 heterocycles.